The van der Waals surface area contributed by atoms with Crippen LogP contribution in [0.2, 0.25) is 0 Å². The van der Waals surface area contributed by atoms with Gasteiger partial charge in [-0.3, -0.25) is 4.79 Å². The van der Waals surface area contributed by atoms with E-state index in [1.54, 1.807) is 0 Å². The van der Waals surface area contributed by atoms with Crippen LogP contribution < -0.4 is 5.32 Å². The van der Waals surface area contributed by atoms with Crippen molar-refractivity contribution in [2.45, 2.75) is 39.0 Å². The Kier molecular flexibility index (Phi) is 5.20. The Hall–Kier alpha value is -1.09. The molecular formula is C16H20BrNO. The first kappa shape index (κ1) is 14.3. The van der Waals surface area contributed by atoms with E-state index in [9.17, 15) is 4.79 Å². The molecule has 0 fully saturated rings. The zero-order valence-electron chi connectivity index (χ0n) is 11.3. The largest absolute Gasteiger partial charge is 0.352 e. The Bertz CT molecular complexity index is 494. The molecule has 2 rings (SSSR count). The van der Waals surface area contributed by atoms with Crippen molar-refractivity contribution < 1.29 is 4.79 Å². The minimum absolute atomic E-state index is 0.0112. The van der Waals surface area contributed by atoms with Gasteiger partial charge in [-0.05, 0) is 56.7 Å². The van der Waals surface area contributed by atoms with Crippen LogP contribution in [0.5, 0.6) is 0 Å². The summed E-state index contributed by atoms with van der Waals surface area (Å²) in [6, 6.07) is 5.71. The standard InChI is InChI=1S/C16H20BrNO/c1-12-7-8-14(11-15(12)17)16(19)18-10-9-13-5-3-2-4-6-13/h5,7-8,11H,2-4,6,9-10H2,1H3,(H,18,19). The second-order valence-electron chi connectivity index (χ2n) is 5.08. The highest BCUT2D eigenvalue weighted by molar-refractivity contribution is 9.10. The number of halogens is 1. The van der Waals surface area contributed by atoms with Crippen LogP contribution in [0.1, 0.15) is 48.0 Å². The molecule has 0 unspecified atom stereocenters. The molecule has 1 N–H and O–H groups in total. The lowest BCUT2D eigenvalue weighted by molar-refractivity contribution is 0.0954. The third-order valence-electron chi connectivity index (χ3n) is 3.55. The van der Waals surface area contributed by atoms with Crippen LogP contribution in [0.15, 0.2) is 34.3 Å². The molecule has 1 aliphatic rings. The molecule has 0 atom stereocenters. The summed E-state index contributed by atoms with van der Waals surface area (Å²) in [6.07, 6.45) is 8.33. The summed E-state index contributed by atoms with van der Waals surface area (Å²) in [5.74, 6) is 0.0112. The highest BCUT2D eigenvalue weighted by atomic mass is 79.9. The molecule has 1 amide bonds. The van der Waals surface area contributed by atoms with E-state index >= 15 is 0 Å². The van der Waals surface area contributed by atoms with Gasteiger partial charge in [-0.25, -0.2) is 0 Å². The van der Waals surface area contributed by atoms with Crippen LogP contribution in [0.4, 0.5) is 0 Å². The zero-order chi connectivity index (χ0) is 13.7. The Morgan fingerprint density at radius 3 is 2.89 bits per heavy atom. The van der Waals surface area contributed by atoms with E-state index in [0.29, 0.717) is 0 Å². The van der Waals surface area contributed by atoms with E-state index in [4.69, 9.17) is 0 Å². The van der Waals surface area contributed by atoms with Crippen molar-refractivity contribution in [3.63, 3.8) is 0 Å². The van der Waals surface area contributed by atoms with E-state index in [2.05, 4.69) is 27.3 Å². The monoisotopic (exact) mass is 321 g/mol. The number of amides is 1. The average Bonchev–Trinajstić information content (AvgIpc) is 2.43. The molecule has 3 heteroatoms. The minimum atomic E-state index is 0.0112. The minimum Gasteiger partial charge on any atom is -0.352 e. The fourth-order valence-corrected chi connectivity index (χ4v) is 2.68. The van der Waals surface area contributed by atoms with Crippen molar-refractivity contribution in [3.8, 4) is 0 Å². The van der Waals surface area contributed by atoms with Crippen LogP contribution in [0, 0.1) is 6.92 Å². The molecule has 1 aliphatic carbocycles. The molecule has 0 aromatic heterocycles. The summed E-state index contributed by atoms with van der Waals surface area (Å²) in [4.78, 5) is 12.0. The van der Waals surface area contributed by atoms with Gasteiger partial charge in [0.15, 0.2) is 0 Å². The Morgan fingerprint density at radius 1 is 1.37 bits per heavy atom. The van der Waals surface area contributed by atoms with Gasteiger partial charge in [0.05, 0.1) is 0 Å². The molecule has 102 valence electrons. The SMILES string of the molecule is Cc1ccc(C(=O)NCCC2=CCCCC2)cc1Br. The molecule has 0 saturated carbocycles. The fourth-order valence-electron chi connectivity index (χ4n) is 2.30. The van der Waals surface area contributed by atoms with Gasteiger partial charge < -0.3 is 5.32 Å². The number of benzene rings is 1. The summed E-state index contributed by atoms with van der Waals surface area (Å²) in [6.45, 7) is 2.75. The number of hydrogen-bond acceptors (Lipinski definition) is 1. The van der Waals surface area contributed by atoms with E-state index in [0.717, 1.165) is 28.6 Å². The quantitative estimate of drug-likeness (QED) is 0.819. The second kappa shape index (κ2) is 6.90. The van der Waals surface area contributed by atoms with Crippen LogP contribution in [0.3, 0.4) is 0 Å². The first-order chi connectivity index (χ1) is 9.16. The van der Waals surface area contributed by atoms with Crippen molar-refractivity contribution >= 4 is 21.8 Å². The number of hydrogen-bond donors (Lipinski definition) is 1. The average molecular weight is 322 g/mol. The molecule has 0 bridgehead atoms. The Morgan fingerprint density at radius 2 is 2.21 bits per heavy atom. The van der Waals surface area contributed by atoms with Gasteiger partial charge in [0.2, 0.25) is 0 Å². The topological polar surface area (TPSA) is 29.1 Å². The van der Waals surface area contributed by atoms with Crippen LogP contribution in [0.25, 0.3) is 0 Å². The van der Waals surface area contributed by atoms with Crippen LogP contribution >= 0.6 is 15.9 Å². The van der Waals surface area contributed by atoms with Crippen molar-refractivity contribution in [1.29, 1.82) is 0 Å². The van der Waals surface area contributed by atoms with Crippen LogP contribution in [-0.4, -0.2) is 12.5 Å². The van der Waals surface area contributed by atoms with Crippen molar-refractivity contribution in [3.05, 3.63) is 45.4 Å². The van der Waals surface area contributed by atoms with Crippen LogP contribution in [-0.2, 0) is 0 Å². The molecule has 0 saturated heterocycles. The third-order valence-corrected chi connectivity index (χ3v) is 4.41. The van der Waals surface area contributed by atoms with Crippen molar-refractivity contribution in [1.82, 2.24) is 5.32 Å². The third kappa shape index (κ3) is 4.20. The molecular weight excluding hydrogens is 302 g/mol. The van der Waals surface area contributed by atoms with Gasteiger partial charge >= 0.3 is 0 Å². The number of nitrogens with one attached hydrogen (secondary N) is 1. The summed E-state index contributed by atoms with van der Waals surface area (Å²) < 4.78 is 0.982. The van der Waals surface area contributed by atoms with Gasteiger partial charge in [0.25, 0.3) is 5.91 Å². The second-order valence-corrected chi connectivity index (χ2v) is 5.93. The number of aryl methyl sites for hydroxylation is 1. The number of allylic oxidation sites excluding steroid dienone is 1. The smallest absolute Gasteiger partial charge is 0.251 e. The maximum Gasteiger partial charge on any atom is 0.251 e. The normalized spacial score (nSPS) is 14.9. The Labute approximate surface area is 123 Å². The van der Waals surface area contributed by atoms with E-state index in [1.807, 2.05) is 25.1 Å². The predicted molar refractivity (Wildman–Crippen MR) is 82.4 cm³/mol. The zero-order valence-corrected chi connectivity index (χ0v) is 12.9. The summed E-state index contributed by atoms with van der Waals surface area (Å²) in [5.41, 5.74) is 3.36. The van der Waals surface area contributed by atoms with Gasteiger partial charge in [0.1, 0.15) is 0 Å². The van der Waals surface area contributed by atoms with Gasteiger partial charge in [-0.2, -0.15) is 0 Å². The molecule has 0 spiro atoms. The molecule has 2 nitrogen and oxygen atoms in total. The fraction of sp³-hybridized carbons (Fsp3) is 0.438. The van der Waals surface area contributed by atoms with Gasteiger partial charge in [-0.1, -0.05) is 33.6 Å². The first-order valence-electron chi connectivity index (χ1n) is 6.89. The molecule has 1 aromatic rings. The Balaban J connectivity index is 1.83. The van der Waals surface area contributed by atoms with Crippen molar-refractivity contribution in [2.75, 3.05) is 6.54 Å². The van der Waals surface area contributed by atoms with Gasteiger partial charge in [-0.15, -0.1) is 0 Å². The molecule has 0 aliphatic heterocycles. The maximum absolute atomic E-state index is 12.0. The molecule has 0 radical (unpaired) electrons. The lowest BCUT2D eigenvalue weighted by Crippen LogP contribution is -2.24. The number of carbonyl (C=O) groups excluding carboxylic acids is 1. The maximum atomic E-state index is 12.0. The lowest BCUT2D eigenvalue weighted by atomic mass is 9.97. The number of carbonyl (C=O) groups is 1. The lowest BCUT2D eigenvalue weighted by Gasteiger charge is -2.13. The molecule has 19 heavy (non-hydrogen) atoms. The van der Waals surface area contributed by atoms with Gasteiger partial charge in [0, 0.05) is 16.6 Å². The number of rotatable bonds is 4. The highest BCUT2D eigenvalue weighted by Gasteiger charge is 2.08. The molecule has 0 heterocycles. The van der Waals surface area contributed by atoms with E-state index in [1.165, 1.54) is 31.3 Å². The summed E-state index contributed by atoms with van der Waals surface area (Å²) >= 11 is 3.46. The van der Waals surface area contributed by atoms with E-state index in [-0.39, 0.29) is 5.91 Å². The summed E-state index contributed by atoms with van der Waals surface area (Å²) in [7, 11) is 0. The summed E-state index contributed by atoms with van der Waals surface area (Å²) in [5, 5.41) is 2.99. The highest BCUT2D eigenvalue weighted by Crippen LogP contribution is 2.20. The predicted octanol–water partition coefficient (Wildman–Crippen LogP) is 4.38. The van der Waals surface area contributed by atoms with Crippen molar-refractivity contribution in [2.24, 2.45) is 0 Å². The van der Waals surface area contributed by atoms with E-state index < -0.39 is 0 Å². The molecule has 1 aromatic carbocycles. The first-order valence-corrected chi connectivity index (χ1v) is 7.68.